The molecule has 0 amide bonds. The van der Waals surface area contributed by atoms with Crippen LogP contribution in [0.1, 0.15) is 0 Å². The number of benzene rings is 1. The molecule has 0 aliphatic heterocycles. The van der Waals surface area contributed by atoms with Crippen molar-refractivity contribution >= 4 is 32.4 Å². The van der Waals surface area contributed by atoms with Crippen LogP contribution in [-0.4, -0.2) is 26.5 Å². The van der Waals surface area contributed by atoms with Crippen LogP contribution in [0.15, 0.2) is 36.7 Å². The van der Waals surface area contributed by atoms with E-state index in [4.69, 9.17) is 5.11 Å². The zero-order chi connectivity index (χ0) is 12.4. The Kier molecular flexibility index (Phi) is 2.95. The highest BCUT2D eigenvalue weighted by Crippen LogP contribution is 2.27. The zero-order valence-corrected chi connectivity index (χ0v) is 10.4. The highest BCUT2D eigenvalue weighted by Gasteiger charge is 2.04. The van der Waals surface area contributed by atoms with E-state index in [0.29, 0.717) is 6.54 Å². The van der Waals surface area contributed by atoms with Gasteiger partial charge in [-0.05, 0) is 12.1 Å². The summed E-state index contributed by atoms with van der Waals surface area (Å²) in [4.78, 5) is 4.48. The summed E-state index contributed by atoms with van der Waals surface area (Å²) in [6.07, 6.45) is 3.57. The maximum Gasteiger partial charge on any atom is 0.188 e. The third-order valence-corrected chi connectivity index (χ3v) is 3.46. The Balaban J connectivity index is 1.82. The van der Waals surface area contributed by atoms with Gasteiger partial charge in [-0.25, -0.2) is 4.98 Å². The molecule has 3 aromatic rings. The number of hydrogen-bond acceptors (Lipinski definition) is 5. The first kappa shape index (κ1) is 11.2. The predicted octanol–water partition coefficient (Wildman–Crippen LogP) is 2.23. The van der Waals surface area contributed by atoms with Gasteiger partial charge in [0.05, 0.1) is 35.3 Å². The van der Waals surface area contributed by atoms with Gasteiger partial charge in [0.1, 0.15) is 0 Å². The summed E-state index contributed by atoms with van der Waals surface area (Å²) >= 11 is 1.61. The van der Waals surface area contributed by atoms with E-state index in [9.17, 15) is 0 Å². The minimum atomic E-state index is 0.0856. The second-order valence-electron chi connectivity index (χ2n) is 3.83. The molecule has 3 rings (SSSR count). The largest absolute Gasteiger partial charge is 0.394 e. The predicted molar refractivity (Wildman–Crippen MR) is 72.2 cm³/mol. The lowest BCUT2D eigenvalue weighted by Crippen LogP contribution is -2.01. The van der Waals surface area contributed by atoms with Gasteiger partial charge in [0, 0.05) is 6.20 Å². The van der Waals surface area contributed by atoms with Gasteiger partial charge in [0.2, 0.25) is 0 Å². The van der Waals surface area contributed by atoms with Crippen LogP contribution in [-0.2, 0) is 6.54 Å². The van der Waals surface area contributed by atoms with E-state index in [1.807, 2.05) is 30.5 Å². The molecule has 0 aliphatic rings. The molecule has 5 nitrogen and oxygen atoms in total. The molecule has 2 heterocycles. The van der Waals surface area contributed by atoms with Crippen LogP contribution in [0.2, 0.25) is 0 Å². The fourth-order valence-corrected chi connectivity index (χ4v) is 2.59. The van der Waals surface area contributed by atoms with E-state index in [-0.39, 0.29) is 6.61 Å². The van der Waals surface area contributed by atoms with E-state index in [0.717, 1.165) is 21.0 Å². The Morgan fingerprint density at radius 2 is 2.22 bits per heavy atom. The normalized spacial score (nSPS) is 10.9. The molecule has 0 spiro atoms. The summed E-state index contributed by atoms with van der Waals surface area (Å²) in [5.41, 5.74) is 1.87. The number of hydrogen-bond donors (Lipinski definition) is 2. The minimum Gasteiger partial charge on any atom is -0.394 e. The second-order valence-corrected chi connectivity index (χ2v) is 4.86. The number of para-hydroxylation sites is 1. The molecule has 1 aromatic carbocycles. The Morgan fingerprint density at radius 3 is 3.06 bits per heavy atom. The van der Waals surface area contributed by atoms with Crippen molar-refractivity contribution in [2.24, 2.45) is 0 Å². The summed E-state index contributed by atoms with van der Waals surface area (Å²) in [6, 6.07) is 8.02. The molecular weight excluding hydrogens is 248 g/mol. The lowest BCUT2D eigenvalue weighted by molar-refractivity contribution is 0.269. The van der Waals surface area contributed by atoms with Crippen molar-refractivity contribution in [3.05, 3.63) is 36.7 Å². The molecule has 0 fully saturated rings. The third-order valence-electron chi connectivity index (χ3n) is 2.51. The van der Waals surface area contributed by atoms with Crippen LogP contribution in [0.25, 0.3) is 10.2 Å². The Hall–Kier alpha value is -1.92. The summed E-state index contributed by atoms with van der Waals surface area (Å²) in [6.45, 7) is 0.587. The molecule has 0 bridgehead atoms. The van der Waals surface area contributed by atoms with Crippen molar-refractivity contribution in [1.29, 1.82) is 0 Å². The molecule has 6 heteroatoms. The first-order valence-electron chi connectivity index (χ1n) is 5.61. The van der Waals surface area contributed by atoms with Gasteiger partial charge in [0.25, 0.3) is 0 Å². The summed E-state index contributed by atoms with van der Waals surface area (Å²) in [5.74, 6) is 0. The van der Waals surface area contributed by atoms with E-state index >= 15 is 0 Å². The van der Waals surface area contributed by atoms with E-state index < -0.39 is 0 Å². The van der Waals surface area contributed by atoms with Crippen LogP contribution < -0.4 is 5.32 Å². The molecule has 18 heavy (non-hydrogen) atoms. The first-order valence-corrected chi connectivity index (χ1v) is 6.43. The third kappa shape index (κ3) is 2.20. The zero-order valence-electron chi connectivity index (χ0n) is 9.58. The molecule has 0 saturated carbocycles. The van der Waals surface area contributed by atoms with Gasteiger partial charge < -0.3 is 10.4 Å². The van der Waals surface area contributed by atoms with Crippen LogP contribution >= 0.6 is 11.3 Å². The average molecular weight is 260 g/mol. The maximum atomic E-state index is 8.82. The molecule has 0 radical (unpaired) electrons. The summed E-state index contributed by atoms with van der Waals surface area (Å²) in [7, 11) is 0. The fourth-order valence-electron chi connectivity index (χ4n) is 1.70. The molecular formula is C12H12N4OS. The first-order chi connectivity index (χ1) is 8.85. The van der Waals surface area contributed by atoms with Gasteiger partial charge >= 0.3 is 0 Å². The van der Waals surface area contributed by atoms with Crippen LogP contribution in [0, 0.1) is 0 Å². The van der Waals surface area contributed by atoms with Gasteiger partial charge in [-0.2, -0.15) is 5.10 Å². The lowest BCUT2D eigenvalue weighted by Gasteiger charge is -1.96. The topological polar surface area (TPSA) is 63.0 Å². The molecule has 0 unspecified atom stereocenters. The van der Waals surface area contributed by atoms with Crippen molar-refractivity contribution in [3.8, 4) is 0 Å². The quantitative estimate of drug-likeness (QED) is 0.755. The van der Waals surface area contributed by atoms with Crippen molar-refractivity contribution in [2.45, 2.75) is 6.54 Å². The highest BCUT2D eigenvalue weighted by atomic mass is 32.1. The molecule has 2 N–H and O–H groups in total. The highest BCUT2D eigenvalue weighted by molar-refractivity contribution is 7.22. The van der Waals surface area contributed by atoms with Gasteiger partial charge in [-0.3, -0.25) is 4.68 Å². The average Bonchev–Trinajstić information content (AvgIpc) is 2.96. The van der Waals surface area contributed by atoms with Gasteiger partial charge in [-0.15, -0.1) is 0 Å². The smallest absolute Gasteiger partial charge is 0.188 e. The van der Waals surface area contributed by atoms with E-state index in [1.54, 1.807) is 22.2 Å². The Bertz CT molecular complexity index is 628. The number of aliphatic hydroxyl groups is 1. The van der Waals surface area contributed by atoms with Crippen molar-refractivity contribution in [3.63, 3.8) is 0 Å². The molecule has 0 atom stereocenters. The fraction of sp³-hybridized carbons (Fsp3) is 0.167. The summed E-state index contributed by atoms with van der Waals surface area (Å²) in [5, 5.41) is 17.0. The van der Waals surface area contributed by atoms with Crippen LogP contribution in [0.4, 0.5) is 10.8 Å². The Morgan fingerprint density at radius 1 is 1.33 bits per heavy atom. The van der Waals surface area contributed by atoms with Crippen LogP contribution in [0.5, 0.6) is 0 Å². The SMILES string of the molecule is OCCn1cc(Nc2nc3ccccc3s2)cn1. The van der Waals surface area contributed by atoms with E-state index in [2.05, 4.69) is 15.4 Å². The number of thiazole rings is 1. The van der Waals surface area contributed by atoms with Crippen molar-refractivity contribution in [1.82, 2.24) is 14.8 Å². The maximum absolute atomic E-state index is 8.82. The number of nitrogens with zero attached hydrogens (tertiary/aromatic N) is 3. The van der Waals surface area contributed by atoms with Crippen molar-refractivity contribution < 1.29 is 5.11 Å². The number of aromatic nitrogens is 3. The second kappa shape index (κ2) is 4.75. The number of fused-ring (bicyclic) bond motifs is 1. The molecule has 0 saturated heterocycles. The van der Waals surface area contributed by atoms with Gasteiger partial charge in [0.15, 0.2) is 5.13 Å². The standard InChI is InChI=1S/C12H12N4OS/c17-6-5-16-8-9(7-13-16)14-12-15-10-3-1-2-4-11(10)18-12/h1-4,7-8,17H,5-6H2,(H,14,15). The molecule has 0 aliphatic carbocycles. The number of aliphatic hydroxyl groups excluding tert-OH is 1. The lowest BCUT2D eigenvalue weighted by atomic mass is 10.3. The number of anilines is 2. The van der Waals surface area contributed by atoms with Crippen LogP contribution in [0.3, 0.4) is 0 Å². The molecule has 92 valence electrons. The minimum absolute atomic E-state index is 0.0856. The van der Waals surface area contributed by atoms with Crippen molar-refractivity contribution in [2.75, 3.05) is 11.9 Å². The number of nitrogens with one attached hydrogen (secondary N) is 1. The van der Waals surface area contributed by atoms with E-state index in [1.165, 1.54) is 0 Å². The monoisotopic (exact) mass is 260 g/mol. The summed E-state index contributed by atoms with van der Waals surface area (Å²) < 4.78 is 2.85. The Labute approximate surface area is 108 Å². The van der Waals surface area contributed by atoms with Gasteiger partial charge in [-0.1, -0.05) is 23.5 Å². The molecule has 2 aromatic heterocycles. The number of rotatable bonds is 4.